The Hall–Kier alpha value is -0.830. The van der Waals surface area contributed by atoms with Gasteiger partial charge in [-0.3, -0.25) is 0 Å². The number of hydrogen-bond donors (Lipinski definition) is 1. The molecule has 1 aromatic carbocycles. The molecule has 1 aromatic heterocycles. The van der Waals surface area contributed by atoms with Gasteiger partial charge in [0.25, 0.3) is 0 Å². The summed E-state index contributed by atoms with van der Waals surface area (Å²) in [5.74, 6) is 1.93. The first kappa shape index (κ1) is 20.2. The molecule has 0 saturated heterocycles. The molecule has 0 radical (unpaired) electrons. The van der Waals surface area contributed by atoms with Gasteiger partial charge < -0.3 is 22.5 Å². The van der Waals surface area contributed by atoms with E-state index in [1.54, 1.807) is 16.4 Å². The highest BCUT2D eigenvalue weighted by atomic mass is 79.9. The molecule has 0 bridgehead atoms. The standard InChI is InChI=1S/C14H20BrN5OS.ClH/c1-3-21-13-6-5-12(15)9-11(13)10-16-7-4-8-22-14-17-18-19-20(14)2;/h5-6,9,16H,3-4,7-8,10H2,1-2H3;1H/p-1. The molecule has 0 aliphatic carbocycles. The Balaban J connectivity index is 0.00000264. The Morgan fingerprint density at radius 1 is 1.39 bits per heavy atom. The van der Waals surface area contributed by atoms with E-state index in [0.29, 0.717) is 6.61 Å². The molecule has 23 heavy (non-hydrogen) atoms. The van der Waals surface area contributed by atoms with Crippen LogP contribution in [0.4, 0.5) is 0 Å². The van der Waals surface area contributed by atoms with Crippen molar-refractivity contribution in [1.29, 1.82) is 0 Å². The molecule has 0 fully saturated rings. The van der Waals surface area contributed by atoms with E-state index in [1.807, 2.05) is 26.1 Å². The first-order chi connectivity index (χ1) is 10.7. The van der Waals surface area contributed by atoms with Crippen LogP contribution in [0, 0.1) is 0 Å². The van der Waals surface area contributed by atoms with Crippen LogP contribution in [0.3, 0.4) is 0 Å². The third-order valence-corrected chi connectivity index (χ3v) is 4.54. The first-order valence-electron chi connectivity index (χ1n) is 7.17. The highest BCUT2D eigenvalue weighted by molar-refractivity contribution is 9.10. The normalized spacial score (nSPS) is 10.4. The lowest BCUT2D eigenvalue weighted by molar-refractivity contribution is -0.00000519. The van der Waals surface area contributed by atoms with Crippen molar-refractivity contribution in [2.45, 2.75) is 25.0 Å². The molecular formula is C14H20BrClN5OS-. The van der Waals surface area contributed by atoms with Gasteiger partial charge in [-0.05, 0) is 48.5 Å². The third-order valence-electron chi connectivity index (χ3n) is 2.95. The summed E-state index contributed by atoms with van der Waals surface area (Å²) in [6.07, 6.45) is 1.05. The summed E-state index contributed by atoms with van der Waals surface area (Å²) in [6.45, 7) is 4.41. The fraction of sp³-hybridized carbons (Fsp3) is 0.500. The molecule has 1 N–H and O–H groups in total. The highest BCUT2D eigenvalue weighted by Gasteiger charge is 2.05. The predicted molar refractivity (Wildman–Crippen MR) is 91.2 cm³/mol. The predicted octanol–water partition coefficient (Wildman–Crippen LogP) is -0.353. The van der Waals surface area contributed by atoms with Crippen molar-refractivity contribution in [2.24, 2.45) is 7.05 Å². The van der Waals surface area contributed by atoms with Gasteiger partial charge in [-0.1, -0.05) is 27.7 Å². The zero-order chi connectivity index (χ0) is 15.8. The molecule has 0 unspecified atom stereocenters. The maximum absolute atomic E-state index is 5.64. The molecule has 2 aromatic rings. The van der Waals surface area contributed by atoms with Crippen LogP contribution in [0.25, 0.3) is 0 Å². The molecule has 1 heterocycles. The summed E-state index contributed by atoms with van der Waals surface area (Å²) in [7, 11) is 1.85. The minimum atomic E-state index is 0. The average molecular weight is 422 g/mol. The average Bonchev–Trinajstić information content (AvgIpc) is 2.91. The van der Waals surface area contributed by atoms with E-state index >= 15 is 0 Å². The summed E-state index contributed by atoms with van der Waals surface area (Å²) < 4.78 is 8.40. The zero-order valence-electron chi connectivity index (χ0n) is 13.1. The van der Waals surface area contributed by atoms with Gasteiger partial charge in [0.15, 0.2) is 0 Å². The van der Waals surface area contributed by atoms with E-state index in [4.69, 9.17) is 4.74 Å². The van der Waals surface area contributed by atoms with E-state index in [-0.39, 0.29) is 12.4 Å². The Morgan fingerprint density at radius 3 is 2.91 bits per heavy atom. The quantitative estimate of drug-likeness (QED) is 0.441. The lowest BCUT2D eigenvalue weighted by Crippen LogP contribution is -3.00. The van der Waals surface area contributed by atoms with Crippen LogP contribution >= 0.6 is 27.7 Å². The summed E-state index contributed by atoms with van der Waals surface area (Å²) in [6, 6.07) is 6.10. The molecule has 0 spiro atoms. The molecule has 0 amide bonds. The van der Waals surface area contributed by atoms with Gasteiger partial charge in [0.1, 0.15) is 5.75 Å². The van der Waals surface area contributed by atoms with Gasteiger partial charge in [-0.25, -0.2) is 4.68 Å². The number of ether oxygens (including phenoxy) is 1. The number of aryl methyl sites for hydroxylation is 1. The van der Waals surface area contributed by atoms with Crippen molar-refractivity contribution in [1.82, 2.24) is 25.5 Å². The summed E-state index contributed by atoms with van der Waals surface area (Å²) in [5, 5.41) is 15.7. The zero-order valence-corrected chi connectivity index (χ0v) is 16.3. The van der Waals surface area contributed by atoms with Crippen molar-refractivity contribution in [3.63, 3.8) is 0 Å². The topological polar surface area (TPSA) is 64.9 Å². The highest BCUT2D eigenvalue weighted by Crippen LogP contribution is 2.23. The van der Waals surface area contributed by atoms with Crippen LogP contribution in [-0.2, 0) is 13.6 Å². The molecule has 2 rings (SSSR count). The SMILES string of the molecule is CCOc1ccc(Br)cc1CNCCCSc1nnnn1C.[Cl-]. The lowest BCUT2D eigenvalue weighted by atomic mass is 10.2. The summed E-state index contributed by atoms with van der Waals surface area (Å²) >= 11 is 5.17. The Kier molecular flexibility index (Phi) is 9.54. The Morgan fingerprint density at radius 2 is 2.22 bits per heavy atom. The second-order valence-electron chi connectivity index (χ2n) is 4.65. The number of rotatable bonds is 9. The summed E-state index contributed by atoms with van der Waals surface area (Å²) in [4.78, 5) is 0. The van der Waals surface area contributed by atoms with Crippen LogP contribution in [-0.4, -0.2) is 39.1 Å². The van der Waals surface area contributed by atoms with Gasteiger partial charge in [-0.15, -0.1) is 5.10 Å². The lowest BCUT2D eigenvalue weighted by Gasteiger charge is -2.11. The number of halogens is 2. The van der Waals surface area contributed by atoms with E-state index in [2.05, 4.69) is 42.8 Å². The van der Waals surface area contributed by atoms with Crippen LogP contribution in [0.15, 0.2) is 27.8 Å². The van der Waals surface area contributed by atoms with Crippen molar-refractivity contribution in [2.75, 3.05) is 18.9 Å². The summed E-state index contributed by atoms with van der Waals surface area (Å²) in [5.41, 5.74) is 1.17. The fourth-order valence-corrected chi connectivity index (χ4v) is 3.11. The first-order valence-corrected chi connectivity index (χ1v) is 8.95. The van der Waals surface area contributed by atoms with Crippen LogP contribution in [0.1, 0.15) is 18.9 Å². The van der Waals surface area contributed by atoms with E-state index in [9.17, 15) is 0 Å². The van der Waals surface area contributed by atoms with Crippen LogP contribution < -0.4 is 22.5 Å². The molecule has 0 aliphatic heterocycles. The Bertz CT molecular complexity index is 598. The van der Waals surface area contributed by atoms with Gasteiger partial charge in [-0.2, -0.15) is 0 Å². The van der Waals surface area contributed by atoms with Crippen molar-refractivity contribution in [3.05, 3.63) is 28.2 Å². The number of aromatic nitrogens is 4. The van der Waals surface area contributed by atoms with Gasteiger partial charge in [0, 0.05) is 29.4 Å². The minimum Gasteiger partial charge on any atom is -1.00 e. The molecule has 0 saturated carbocycles. The minimum absolute atomic E-state index is 0. The van der Waals surface area contributed by atoms with Crippen molar-refractivity contribution in [3.8, 4) is 5.75 Å². The second kappa shape index (κ2) is 10.9. The van der Waals surface area contributed by atoms with Crippen molar-refractivity contribution < 1.29 is 17.1 Å². The molecule has 0 atom stereocenters. The van der Waals surface area contributed by atoms with E-state index < -0.39 is 0 Å². The maximum Gasteiger partial charge on any atom is 0.209 e. The van der Waals surface area contributed by atoms with Gasteiger partial charge >= 0.3 is 0 Å². The number of hydrogen-bond acceptors (Lipinski definition) is 6. The van der Waals surface area contributed by atoms with E-state index in [0.717, 1.165) is 40.6 Å². The number of nitrogens with zero attached hydrogens (tertiary/aromatic N) is 4. The fourth-order valence-electron chi connectivity index (χ4n) is 1.91. The monoisotopic (exact) mass is 420 g/mol. The van der Waals surface area contributed by atoms with E-state index in [1.165, 1.54) is 5.56 Å². The van der Waals surface area contributed by atoms with Gasteiger partial charge in [0.05, 0.1) is 6.61 Å². The Labute approximate surface area is 155 Å². The number of thioether (sulfide) groups is 1. The third kappa shape index (κ3) is 6.66. The maximum atomic E-state index is 5.64. The molecule has 9 heteroatoms. The number of nitrogens with one attached hydrogen (secondary N) is 1. The largest absolute Gasteiger partial charge is 1.00 e. The molecule has 6 nitrogen and oxygen atoms in total. The molecule has 0 aliphatic rings. The second-order valence-corrected chi connectivity index (χ2v) is 6.63. The number of tetrazole rings is 1. The van der Waals surface area contributed by atoms with Crippen molar-refractivity contribution >= 4 is 27.7 Å². The van der Waals surface area contributed by atoms with Crippen LogP contribution in [0.2, 0.25) is 0 Å². The number of benzene rings is 1. The smallest absolute Gasteiger partial charge is 0.209 e. The molecule has 128 valence electrons. The van der Waals surface area contributed by atoms with Crippen LogP contribution in [0.5, 0.6) is 5.75 Å². The molecular weight excluding hydrogens is 402 g/mol. The van der Waals surface area contributed by atoms with Gasteiger partial charge in [0.2, 0.25) is 5.16 Å².